The summed E-state index contributed by atoms with van der Waals surface area (Å²) in [4.78, 5) is 4.16. The Hall–Kier alpha value is -2.08. The summed E-state index contributed by atoms with van der Waals surface area (Å²) >= 11 is 0. The Morgan fingerprint density at radius 1 is 1.35 bits per heavy atom. The van der Waals surface area contributed by atoms with Gasteiger partial charge in [-0.1, -0.05) is 5.16 Å². The maximum absolute atomic E-state index is 9.16. The van der Waals surface area contributed by atoms with Crippen LogP contribution in [0.5, 0.6) is 5.75 Å². The van der Waals surface area contributed by atoms with Crippen molar-refractivity contribution in [2.75, 3.05) is 25.6 Å². The van der Waals surface area contributed by atoms with Crippen LogP contribution in [0.25, 0.3) is 11.4 Å². The third-order valence-electron chi connectivity index (χ3n) is 2.13. The van der Waals surface area contributed by atoms with Crippen LogP contribution in [0.1, 0.15) is 0 Å². The molecular formula is C11H13N3O3. The van der Waals surface area contributed by atoms with Crippen LogP contribution < -0.4 is 5.32 Å². The van der Waals surface area contributed by atoms with E-state index in [-0.39, 0.29) is 5.75 Å². The van der Waals surface area contributed by atoms with E-state index in [2.05, 4.69) is 15.5 Å². The van der Waals surface area contributed by atoms with E-state index in [4.69, 9.17) is 14.4 Å². The van der Waals surface area contributed by atoms with Crippen molar-refractivity contribution >= 4 is 6.01 Å². The molecule has 2 N–H and O–H groups in total. The molecule has 0 atom stereocenters. The Bertz CT molecular complexity index is 467. The molecule has 2 aromatic rings. The topological polar surface area (TPSA) is 80.4 Å². The maximum Gasteiger partial charge on any atom is 0.321 e. The molecule has 0 radical (unpaired) electrons. The number of rotatable bonds is 5. The average molecular weight is 235 g/mol. The lowest BCUT2D eigenvalue weighted by Crippen LogP contribution is -2.07. The Labute approximate surface area is 98.2 Å². The fraction of sp³-hybridized carbons (Fsp3) is 0.273. The first-order valence-corrected chi connectivity index (χ1v) is 5.15. The van der Waals surface area contributed by atoms with Gasteiger partial charge in [0.15, 0.2) is 0 Å². The second-order valence-electron chi connectivity index (χ2n) is 3.39. The first-order chi connectivity index (χ1) is 8.29. The monoisotopic (exact) mass is 235 g/mol. The van der Waals surface area contributed by atoms with Crippen LogP contribution in [0.15, 0.2) is 28.8 Å². The zero-order valence-electron chi connectivity index (χ0n) is 9.38. The molecule has 6 heteroatoms. The van der Waals surface area contributed by atoms with Crippen molar-refractivity contribution in [2.45, 2.75) is 0 Å². The molecule has 0 spiro atoms. The molecule has 0 unspecified atom stereocenters. The lowest BCUT2D eigenvalue weighted by atomic mass is 10.2. The smallest absolute Gasteiger partial charge is 0.321 e. The highest BCUT2D eigenvalue weighted by Gasteiger charge is 2.07. The quantitative estimate of drug-likeness (QED) is 0.764. The van der Waals surface area contributed by atoms with Crippen LogP contribution in [0.4, 0.5) is 6.01 Å². The SMILES string of the molecule is COCCNc1nc(-c2ccc(O)cc2)no1. The van der Waals surface area contributed by atoms with Gasteiger partial charge in [0, 0.05) is 19.2 Å². The van der Waals surface area contributed by atoms with Gasteiger partial charge in [0.05, 0.1) is 6.61 Å². The van der Waals surface area contributed by atoms with Crippen molar-refractivity contribution < 1.29 is 14.4 Å². The van der Waals surface area contributed by atoms with E-state index in [1.807, 2.05) is 0 Å². The standard InChI is InChI=1S/C11H13N3O3/c1-16-7-6-12-11-13-10(14-17-11)8-2-4-9(15)5-3-8/h2-5,15H,6-7H2,1H3,(H,12,13,14). The van der Waals surface area contributed by atoms with Gasteiger partial charge in [-0.05, 0) is 24.3 Å². The number of methoxy groups -OCH3 is 1. The minimum atomic E-state index is 0.204. The molecule has 17 heavy (non-hydrogen) atoms. The maximum atomic E-state index is 9.16. The normalized spacial score (nSPS) is 10.4. The van der Waals surface area contributed by atoms with Crippen LogP contribution in [0.3, 0.4) is 0 Å². The molecule has 0 amide bonds. The van der Waals surface area contributed by atoms with Crippen molar-refractivity contribution in [2.24, 2.45) is 0 Å². The molecule has 0 aliphatic carbocycles. The fourth-order valence-electron chi connectivity index (χ4n) is 1.28. The zero-order valence-corrected chi connectivity index (χ0v) is 9.38. The summed E-state index contributed by atoms with van der Waals surface area (Å²) in [6, 6.07) is 6.94. The van der Waals surface area contributed by atoms with Crippen molar-refractivity contribution in [3.63, 3.8) is 0 Å². The molecule has 0 aliphatic rings. The zero-order chi connectivity index (χ0) is 12.1. The number of aromatic nitrogens is 2. The number of anilines is 1. The van der Waals surface area contributed by atoms with E-state index in [0.717, 1.165) is 5.56 Å². The van der Waals surface area contributed by atoms with Gasteiger partial charge in [-0.2, -0.15) is 4.98 Å². The van der Waals surface area contributed by atoms with E-state index in [0.29, 0.717) is 25.0 Å². The Balaban J connectivity index is 2.04. The highest BCUT2D eigenvalue weighted by Crippen LogP contribution is 2.19. The molecule has 90 valence electrons. The number of nitrogens with zero attached hydrogens (tertiary/aromatic N) is 2. The summed E-state index contributed by atoms with van der Waals surface area (Å²) in [7, 11) is 1.62. The lowest BCUT2D eigenvalue weighted by molar-refractivity contribution is 0.210. The van der Waals surface area contributed by atoms with Crippen LogP contribution in [0, 0.1) is 0 Å². The first-order valence-electron chi connectivity index (χ1n) is 5.15. The second-order valence-corrected chi connectivity index (χ2v) is 3.39. The van der Waals surface area contributed by atoms with E-state index >= 15 is 0 Å². The number of nitrogens with one attached hydrogen (secondary N) is 1. The van der Waals surface area contributed by atoms with Crippen LogP contribution in [-0.4, -0.2) is 35.5 Å². The minimum absolute atomic E-state index is 0.204. The van der Waals surface area contributed by atoms with E-state index in [1.165, 1.54) is 0 Å². The van der Waals surface area contributed by atoms with Gasteiger partial charge in [0.1, 0.15) is 5.75 Å². The number of hydrogen-bond donors (Lipinski definition) is 2. The van der Waals surface area contributed by atoms with Gasteiger partial charge in [-0.25, -0.2) is 0 Å². The summed E-state index contributed by atoms with van der Waals surface area (Å²) < 4.78 is 9.89. The second kappa shape index (κ2) is 5.31. The van der Waals surface area contributed by atoms with Crippen molar-refractivity contribution in [3.8, 4) is 17.1 Å². The van der Waals surface area contributed by atoms with Gasteiger partial charge in [-0.3, -0.25) is 0 Å². The van der Waals surface area contributed by atoms with Gasteiger partial charge >= 0.3 is 6.01 Å². The van der Waals surface area contributed by atoms with Crippen LogP contribution in [0.2, 0.25) is 0 Å². The molecule has 1 heterocycles. The predicted octanol–water partition coefficient (Wildman–Crippen LogP) is 1.50. The largest absolute Gasteiger partial charge is 0.508 e. The number of benzene rings is 1. The summed E-state index contributed by atoms with van der Waals surface area (Å²) in [6.45, 7) is 1.17. The minimum Gasteiger partial charge on any atom is -0.508 e. The lowest BCUT2D eigenvalue weighted by Gasteiger charge is -1.97. The summed E-state index contributed by atoms with van der Waals surface area (Å²) in [5.41, 5.74) is 0.784. The summed E-state index contributed by atoms with van der Waals surface area (Å²) in [6.07, 6.45) is 0. The number of phenolic OH excluding ortho intramolecular Hbond substituents is 1. The first kappa shape index (κ1) is 11.4. The van der Waals surface area contributed by atoms with Gasteiger partial charge in [0.2, 0.25) is 5.82 Å². The third kappa shape index (κ3) is 2.94. The molecule has 0 aliphatic heterocycles. The number of hydrogen-bond acceptors (Lipinski definition) is 6. The van der Waals surface area contributed by atoms with Gasteiger partial charge in [0.25, 0.3) is 0 Å². The van der Waals surface area contributed by atoms with E-state index in [9.17, 15) is 0 Å². The van der Waals surface area contributed by atoms with Crippen molar-refractivity contribution in [1.29, 1.82) is 0 Å². The predicted molar refractivity (Wildman–Crippen MR) is 61.8 cm³/mol. The molecule has 2 rings (SSSR count). The van der Waals surface area contributed by atoms with Gasteiger partial charge < -0.3 is 19.7 Å². The van der Waals surface area contributed by atoms with E-state index in [1.54, 1.807) is 31.4 Å². The van der Waals surface area contributed by atoms with E-state index < -0.39 is 0 Å². The Kier molecular flexibility index (Phi) is 3.56. The summed E-state index contributed by atoms with van der Waals surface area (Å²) in [5.74, 6) is 0.681. The number of aromatic hydroxyl groups is 1. The molecule has 0 fully saturated rings. The van der Waals surface area contributed by atoms with Crippen LogP contribution in [-0.2, 0) is 4.74 Å². The molecule has 1 aromatic heterocycles. The highest BCUT2D eigenvalue weighted by atomic mass is 16.5. The fourth-order valence-corrected chi connectivity index (χ4v) is 1.28. The van der Waals surface area contributed by atoms with Crippen LogP contribution >= 0.6 is 0 Å². The molecular weight excluding hydrogens is 222 g/mol. The van der Waals surface area contributed by atoms with Crippen molar-refractivity contribution in [1.82, 2.24) is 10.1 Å². The molecule has 0 saturated heterocycles. The number of ether oxygens (including phenoxy) is 1. The highest BCUT2D eigenvalue weighted by molar-refractivity contribution is 5.56. The molecule has 1 aromatic carbocycles. The van der Waals surface area contributed by atoms with Gasteiger partial charge in [-0.15, -0.1) is 0 Å². The Morgan fingerprint density at radius 3 is 2.82 bits per heavy atom. The third-order valence-corrected chi connectivity index (χ3v) is 2.13. The molecule has 0 saturated carbocycles. The van der Waals surface area contributed by atoms with Crippen molar-refractivity contribution in [3.05, 3.63) is 24.3 Å². The number of phenols is 1. The molecule has 6 nitrogen and oxygen atoms in total. The molecule has 0 bridgehead atoms. The summed E-state index contributed by atoms with van der Waals surface area (Å²) in [5, 5.41) is 15.9. The Morgan fingerprint density at radius 2 is 2.12 bits per heavy atom. The average Bonchev–Trinajstić information content (AvgIpc) is 2.79.